The second-order valence-corrected chi connectivity index (χ2v) is 11.2. The van der Waals surface area contributed by atoms with Gasteiger partial charge < -0.3 is 19.1 Å². The van der Waals surface area contributed by atoms with Crippen LogP contribution in [0.5, 0.6) is 11.5 Å². The lowest BCUT2D eigenvalue weighted by molar-refractivity contribution is -0.150. The highest BCUT2D eigenvalue weighted by Crippen LogP contribution is 2.51. The van der Waals surface area contributed by atoms with Gasteiger partial charge in [0, 0.05) is 24.7 Å². The highest BCUT2D eigenvalue weighted by atomic mass is 35.5. The van der Waals surface area contributed by atoms with Crippen LogP contribution >= 0.6 is 11.6 Å². The van der Waals surface area contributed by atoms with Gasteiger partial charge in [-0.05, 0) is 51.8 Å². The predicted molar refractivity (Wildman–Crippen MR) is 140 cm³/mol. The molecule has 8 nitrogen and oxygen atoms in total. The van der Waals surface area contributed by atoms with Crippen LogP contribution in [0.15, 0.2) is 36.4 Å². The Balaban J connectivity index is 1.56. The fraction of sp³-hybridized carbons (Fsp3) is 0.464. The molecular formula is C28H29ClF3N3O5. The van der Waals surface area contributed by atoms with Gasteiger partial charge in [-0.1, -0.05) is 23.7 Å². The van der Waals surface area contributed by atoms with Gasteiger partial charge in [0.25, 0.3) is 11.8 Å². The minimum atomic E-state index is -3.58. The van der Waals surface area contributed by atoms with Gasteiger partial charge in [-0.3, -0.25) is 9.69 Å². The van der Waals surface area contributed by atoms with E-state index in [9.17, 15) is 19.2 Å². The molecule has 0 aliphatic carbocycles. The molecule has 2 aromatic rings. The maximum Gasteiger partial charge on any atom is 0.415 e. The molecule has 2 heterocycles. The van der Waals surface area contributed by atoms with Crippen molar-refractivity contribution in [2.45, 2.75) is 51.2 Å². The quantitative estimate of drug-likeness (QED) is 0.447. The Labute approximate surface area is 235 Å². The molecule has 1 atom stereocenters. The number of carbonyl (C=O) groups is 2. The molecule has 214 valence electrons. The van der Waals surface area contributed by atoms with Crippen LogP contribution in [0.4, 0.5) is 23.7 Å². The molecular weight excluding hydrogens is 551 g/mol. The van der Waals surface area contributed by atoms with Crippen molar-refractivity contribution in [2.75, 3.05) is 31.6 Å². The summed E-state index contributed by atoms with van der Waals surface area (Å²) in [5, 5.41) is 10.0. The van der Waals surface area contributed by atoms with Crippen molar-refractivity contribution in [2.24, 2.45) is 5.41 Å². The topological polar surface area (TPSA) is 92.1 Å². The fourth-order valence-corrected chi connectivity index (χ4v) is 5.04. The molecule has 0 aromatic heterocycles. The van der Waals surface area contributed by atoms with Crippen LogP contribution in [0.25, 0.3) is 0 Å². The normalized spacial score (nSPS) is 18.7. The smallest absolute Gasteiger partial charge is 0.415 e. The molecule has 1 saturated heterocycles. The SMILES string of the molecule is COc1cc2c(cc1Cl)N(C(=O)OC(C)(C)C)CC(C(=O)N1CCC(C#N)(C(F)(F)c3ccc(F)cc3)CC1)O2. The Morgan fingerprint density at radius 3 is 2.33 bits per heavy atom. The second kappa shape index (κ2) is 10.7. The Hall–Kier alpha value is -3.65. The van der Waals surface area contributed by atoms with E-state index in [1.165, 1.54) is 29.0 Å². The summed E-state index contributed by atoms with van der Waals surface area (Å²) < 4.78 is 61.0. The number of hydrogen-bond acceptors (Lipinski definition) is 6. The number of nitrogens with zero attached hydrogens (tertiary/aromatic N) is 3. The Morgan fingerprint density at radius 1 is 1.15 bits per heavy atom. The monoisotopic (exact) mass is 579 g/mol. The number of ether oxygens (including phenoxy) is 3. The highest BCUT2D eigenvalue weighted by Gasteiger charge is 2.57. The number of halogens is 4. The van der Waals surface area contributed by atoms with Crippen LogP contribution in [-0.2, 0) is 15.5 Å². The number of fused-ring (bicyclic) bond motifs is 1. The molecule has 1 fully saturated rings. The Morgan fingerprint density at radius 2 is 1.77 bits per heavy atom. The van der Waals surface area contributed by atoms with Crippen LogP contribution in [0.2, 0.25) is 5.02 Å². The van der Waals surface area contributed by atoms with Crippen molar-refractivity contribution in [1.29, 1.82) is 5.26 Å². The summed E-state index contributed by atoms with van der Waals surface area (Å²) in [7, 11) is 1.40. The summed E-state index contributed by atoms with van der Waals surface area (Å²) in [6, 6.07) is 8.47. The molecule has 2 aliphatic rings. The first-order chi connectivity index (χ1) is 18.7. The Bertz CT molecular complexity index is 1330. The van der Waals surface area contributed by atoms with Gasteiger partial charge in [0.05, 0.1) is 30.4 Å². The number of methoxy groups -OCH3 is 1. The van der Waals surface area contributed by atoms with E-state index >= 15 is 8.78 Å². The first-order valence-corrected chi connectivity index (χ1v) is 13.0. The molecule has 2 aromatic carbocycles. The fourth-order valence-electron chi connectivity index (χ4n) is 4.80. The van der Waals surface area contributed by atoms with Crippen molar-refractivity contribution < 1.29 is 37.0 Å². The molecule has 1 unspecified atom stereocenters. The van der Waals surface area contributed by atoms with E-state index in [4.69, 9.17) is 25.8 Å². The number of nitriles is 1. The summed E-state index contributed by atoms with van der Waals surface area (Å²) in [6.07, 6.45) is -2.54. The number of anilines is 1. The molecule has 12 heteroatoms. The third-order valence-corrected chi connectivity index (χ3v) is 7.28. The van der Waals surface area contributed by atoms with Gasteiger partial charge in [0.1, 0.15) is 28.3 Å². The van der Waals surface area contributed by atoms with E-state index < -0.39 is 46.4 Å². The standard InChI is InChI=1S/C28H29ClF3N3O5/c1-26(2,3)40-25(37)35-15-23(39-22-14-21(38-4)19(29)13-20(22)35)24(36)34-11-9-27(16-33,10-12-34)28(31,32)17-5-7-18(30)8-6-17/h5-8,13-14,23H,9-12,15H2,1-4H3. The van der Waals surface area contributed by atoms with Crippen LogP contribution in [0, 0.1) is 22.6 Å². The van der Waals surface area contributed by atoms with Crippen molar-refractivity contribution in [3.63, 3.8) is 0 Å². The van der Waals surface area contributed by atoms with Crippen LogP contribution < -0.4 is 14.4 Å². The zero-order valence-electron chi connectivity index (χ0n) is 22.5. The maximum atomic E-state index is 15.5. The molecule has 0 spiro atoms. The van der Waals surface area contributed by atoms with Crippen LogP contribution in [0.3, 0.4) is 0 Å². The van der Waals surface area contributed by atoms with Crippen molar-refractivity contribution in [1.82, 2.24) is 4.90 Å². The number of hydrogen-bond donors (Lipinski definition) is 0. The molecule has 0 N–H and O–H groups in total. The lowest BCUT2D eigenvalue weighted by Crippen LogP contribution is -2.56. The zero-order valence-corrected chi connectivity index (χ0v) is 23.2. The van der Waals surface area contributed by atoms with Gasteiger partial charge in [-0.25, -0.2) is 9.18 Å². The van der Waals surface area contributed by atoms with Gasteiger partial charge >= 0.3 is 6.09 Å². The number of benzene rings is 2. The maximum absolute atomic E-state index is 15.5. The molecule has 0 radical (unpaired) electrons. The lowest BCUT2D eigenvalue weighted by Gasteiger charge is -2.43. The van der Waals surface area contributed by atoms with E-state index in [2.05, 4.69) is 0 Å². The summed E-state index contributed by atoms with van der Waals surface area (Å²) in [5.41, 5.74) is -3.10. The van der Waals surface area contributed by atoms with Crippen molar-refractivity contribution in [3.05, 3.63) is 52.8 Å². The molecule has 0 saturated carbocycles. The zero-order chi connectivity index (χ0) is 29.5. The molecule has 2 aliphatic heterocycles. The number of alkyl halides is 2. The van der Waals surface area contributed by atoms with Gasteiger partial charge in [-0.15, -0.1) is 0 Å². The third kappa shape index (κ3) is 5.50. The van der Waals surface area contributed by atoms with Gasteiger partial charge in [0.2, 0.25) is 0 Å². The van der Waals surface area contributed by atoms with Crippen LogP contribution in [0.1, 0.15) is 39.2 Å². The number of piperidine rings is 1. The molecule has 0 bridgehead atoms. The van der Waals surface area contributed by atoms with E-state index in [0.29, 0.717) is 0 Å². The third-order valence-electron chi connectivity index (χ3n) is 6.98. The van der Waals surface area contributed by atoms with Gasteiger partial charge in [-0.2, -0.15) is 14.0 Å². The van der Waals surface area contributed by atoms with E-state index in [0.717, 1.165) is 24.3 Å². The van der Waals surface area contributed by atoms with Crippen molar-refractivity contribution >= 4 is 29.3 Å². The largest absolute Gasteiger partial charge is 0.495 e. The first kappa shape index (κ1) is 29.3. The summed E-state index contributed by atoms with van der Waals surface area (Å²) in [6.45, 7) is 4.60. The van der Waals surface area contributed by atoms with E-state index in [1.807, 2.05) is 0 Å². The van der Waals surface area contributed by atoms with Crippen molar-refractivity contribution in [3.8, 4) is 17.6 Å². The summed E-state index contributed by atoms with van der Waals surface area (Å²) in [4.78, 5) is 29.2. The van der Waals surface area contributed by atoms with Gasteiger partial charge in [0.15, 0.2) is 6.10 Å². The minimum Gasteiger partial charge on any atom is -0.495 e. The molecule has 2 amide bonds. The summed E-state index contributed by atoms with van der Waals surface area (Å²) in [5.74, 6) is -4.36. The number of likely N-dealkylation sites (tertiary alicyclic amines) is 1. The Kier molecular flexibility index (Phi) is 7.87. The average Bonchev–Trinajstić information content (AvgIpc) is 2.91. The highest BCUT2D eigenvalue weighted by molar-refractivity contribution is 6.32. The molecule has 40 heavy (non-hydrogen) atoms. The number of amides is 2. The molecule has 4 rings (SSSR count). The number of carbonyl (C=O) groups excluding carboxylic acids is 2. The summed E-state index contributed by atoms with van der Waals surface area (Å²) >= 11 is 6.27. The van der Waals surface area contributed by atoms with E-state index in [1.54, 1.807) is 26.8 Å². The second-order valence-electron chi connectivity index (χ2n) is 10.8. The predicted octanol–water partition coefficient (Wildman–Crippen LogP) is 5.91. The first-order valence-electron chi connectivity index (χ1n) is 12.6. The van der Waals surface area contributed by atoms with E-state index in [-0.39, 0.29) is 54.7 Å². The number of rotatable bonds is 4. The minimum absolute atomic E-state index is 0.147. The van der Waals surface area contributed by atoms with Crippen LogP contribution in [-0.4, -0.2) is 55.3 Å². The lowest BCUT2D eigenvalue weighted by atomic mass is 9.72. The average molecular weight is 580 g/mol.